The van der Waals surface area contributed by atoms with Crippen LogP contribution in [0.2, 0.25) is 0 Å². The molecule has 1 N–H and O–H groups in total. The largest absolute Gasteiger partial charge is 0.497 e. The second-order valence-corrected chi connectivity index (χ2v) is 12.9. The summed E-state index contributed by atoms with van der Waals surface area (Å²) >= 11 is 0. The van der Waals surface area contributed by atoms with Crippen LogP contribution in [-0.4, -0.2) is 57.1 Å². The van der Waals surface area contributed by atoms with Gasteiger partial charge in [-0.25, -0.2) is 12.8 Å². The topological polar surface area (TPSA) is 96.0 Å². The van der Waals surface area contributed by atoms with Gasteiger partial charge in [0.25, 0.3) is 0 Å². The minimum absolute atomic E-state index is 0.0131. The predicted molar refractivity (Wildman–Crippen MR) is 166 cm³/mol. The van der Waals surface area contributed by atoms with E-state index in [2.05, 4.69) is 5.32 Å². The number of carbonyl (C=O) groups excluding carboxylic acids is 2. The highest BCUT2D eigenvalue weighted by Crippen LogP contribution is 2.25. The molecule has 1 saturated carbocycles. The smallest absolute Gasteiger partial charge is 0.243 e. The van der Waals surface area contributed by atoms with E-state index < -0.39 is 16.1 Å². The summed E-state index contributed by atoms with van der Waals surface area (Å²) in [4.78, 5) is 29.3. The van der Waals surface area contributed by atoms with E-state index in [1.807, 2.05) is 30.3 Å². The number of nitrogens with zero attached hydrogens (tertiary/aromatic N) is 2. The van der Waals surface area contributed by atoms with Crippen molar-refractivity contribution in [2.45, 2.75) is 63.6 Å². The van der Waals surface area contributed by atoms with Crippen LogP contribution in [0.5, 0.6) is 5.75 Å². The van der Waals surface area contributed by atoms with Gasteiger partial charge >= 0.3 is 0 Å². The van der Waals surface area contributed by atoms with Crippen LogP contribution in [0.15, 0.2) is 78.9 Å². The van der Waals surface area contributed by atoms with Crippen molar-refractivity contribution in [3.8, 4) is 5.75 Å². The van der Waals surface area contributed by atoms with Crippen LogP contribution < -0.4 is 14.4 Å². The van der Waals surface area contributed by atoms with Gasteiger partial charge in [-0.2, -0.15) is 0 Å². The number of amides is 2. The summed E-state index contributed by atoms with van der Waals surface area (Å²) in [5.41, 5.74) is 2.04. The first-order chi connectivity index (χ1) is 20.6. The Hall–Kier alpha value is -3.92. The van der Waals surface area contributed by atoms with Gasteiger partial charge in [-0.15, -0.1) is 0 Å². The molecule has 10 heteroatoms. The summed E-state index contributed by atoms with van der Waals surface area (Å²) in [6.45, 7) is 0.181. The van der Waals surface area contributed by atoms with Crippen LogP contribution in [0.4, 0.5) is 10.1 Å². The number of anilines is 1. The molecule has 230 valence electrons. The van der Waals surface area contributed by atoms with Crippen LogP contribution >= 0.6 is 0 Å². The van der Waals surface area contributed by atoms with Crippen molar-refractivity contribution in [2.75, 3.05) is 24.2 Å². The Balaban J connectivity index is 1.58. The Morgan fingerprint density at radius 3 is 2.33 bits per heavy atom. The molecule has 0 radical (unpaired) electrons. The maximum absolute atomic E-state index is 13.9. The van der Waals surface area contributed by atoms with Gasteiger partial charge in [0.05, 0.1) is 19.1 Å². The van der Waals surface area contributed by atoms with Crippen molar-refractivity contribution in [3.05, 3.63) is 95.8 Å². The molecule has 0 aliphatic heterocycles. The lowest BCUT2D eigenvalue weighted by Gasteiger charge is -2.33. The van der Waals surface area contributed by atoms with Crippen LogP contribution in [0.25, 0.3) is 0 Å². The molecule has 0 unspecified atom stereocenters. The Labute approximate surface area is 253 Å². The molecule has 0 saturated heterocycles. The first kappa shape index (κ1) is 32.0. The molecule has 1 atom stereocenters. The molecule has 0 spiro atoms. The fourth-order valence-electron chi connectivity index (χ4n) is 5.48. The number of methoxy groups -OCH3 is 1. The van der Waals surface area contributed by atoms with E-state index >= 15 is 0 Å². The zero-order valence-corrected chi connectivity index (χ0v) is 25.6. The highest BCUT2D eigenvalue weighted by molar-refractivity contribution is 7.92. The number of nitrogens with one attached hydrogen (secondary N) is 1. The summed E-state index contributed by atoms with van der Waals surface area (Å²) in [5.74, 6) is -0.379. The first-order valence-electron chi connectivity index (χ1n) is 14.6. The standard InChI is InChI=1S/C33H40FN3O5S/c1-42-30-15-8-14-29(23-30)37(43(2,40)41)21-9-16-32(38)36(24-26-17-19-27(34)20-18-26)31(22-25-10-4-3-5-11-25)33(39)35-28-12-6-7-13-28/h3-5,8,10-11,14-15,17-20,23,28,31H,6-7,9,12-13,16,21-22,24H2,1-2H3,(H,35,39)/t31-/m0/s1. The molecule has 1 fully saturated rings. The van der Waals surface area contributed by atoms with E-state index in [0.29, 0.717) is 23.4 Å². The molecule has 3 aromatic carbocycles. The summed E-state index contributed by atoms with van der Waals surface area (Å²) in [7, 11) is -2.14. The van der Waals surface area contributed by atoms with Crippen molar-refractivity contribution >= 4 is 27.5 Å². The number of carbonyl (C=O) groups is 2. The van der Waals surface area contributed by atoms with E-state index in [-0.39, 0.29) is 49.6 Å². The lowest BCUT2D eigenvalue weighted by Crippen LogP contribution is -2.52. The van der Waals surface area contributed by atoms with Crippen molar-refractivity contribution in [3.63, 3.8) is 0 Å². The number of halogens is 1. The monoisotopic (exact) mass is 609 g/mol. The molecule has 3 aromatic rings. The summed E-state index contributed by atoms with van der Waals surface area (Å²) < 4.78 is 45.6. The maximum atomic E-state index is 13.9. The highest BCUT2D eigenvalue weighted by Gasteiger charge is 2.32. The number of hydrogen-bond acceptors (Lipinski definition) is 5. The fraction of sp³-hybridized carbons (Fsp3) is 0.394. The molecular weight excluding hydrogens is 569 g/mol. The number of sulfonamides is 1. The van der Waals surface area contributed by atoms with Gasteiger partial charge < -0.3 is 15.0 Å². The van der Waals surface area contributed by atoms with Gasteiger partial charge in [0.1, 0.15) is 17.6 Å². The highest BCUT2D eigenvalue weighted by atomic mass is 32.2. The Morgan fingerprint density at radius 2 is 1.67 bits per heavy atom. The third-order valence-electron chi connectivity index (χ3n) is 7.73. The molecule has 8 nitrogen and oxygen atoms in total. The molecule has 0 bridgehead atoms. The van der Waals surface area contributed by atoms with Crippen molar-refractivity contribution < 1.29 is 27.1 Å². The van der Waals surface area contributed by atoms with E-state index in [1.54, 1.807) is 41.3 Å². The number of ether oxygens (including phenoxy) is 1. The van der Waals surface area contributed by atoms with Crippen molar-refractivity contribution in [1.29, 1.82) is 0 Å². The second-order valence-electron chi connectivity index (χ2n) is 11.0. The second kappa shape index (κ2) is 15.0. The van der Waals surface area contributed by atoms with Gasteiger partial charge in [-0.3, -0.25) is 13.9 Å². The van der Waals surface area contributed by atoms with E-state index in [4.69, 9.17) is 4.74 Å². The minimum Gasteiger partial charge on any atom is -0.497 e. The van der Waals surface area contributed by atoms with Gasteiger partial charge in [-0.1, -0.05) is 61.4 Å². The Bertz CT molecular complexity index is 1460. The predicted octanol–water partition coefficient (Wildman–Crippen LogP) is 5.08. The van der Waals surface area contributed by atoms with Crippen molar-refractivity contribution in [2.24, 2.45) is 0 Å². The zero-order valence-electron chi connectivity index (χ0n) is 24.7. The van der Waals surface area contributed by atoms with Crippen LogP contribution in [0, 0.1) is 5.82 Å². The van der Waals surface area contributed by atoms with Crippen LogP contribution in [0.1, 0.15) is 49.7 Å². The fourth-order valence-corrected chi connectivity index (χ4v) is 6.43. The number of rotatable bonds is 14. The average Bonchev–Trinajstić information content (AvgIpc) is 3.51. The quantitative estimate of drug-likeness (QED) is 0.275. The molecule has 1 aliphatic carbocycles. The van der Waals surface area contributed by atoms with E-state index in [0.717, 1.165) is 37.5 Å². The van der Waals surface area contributed by atoms with Gasteiger partial charge in [0, 0.05) is 38.0 Å². The Kier molecular flexibility index (Phi) is 11.2. The van der Waals surface area contributed by atoms with Gasteiger partial charge in [-0.05, 0) is 54.7 Å². The lowest BCUT2D eigenvalue weighted by atomic mass is 10.0. The van der Waals surface area contributed by atoms with Crippen LogP contribution in [-0.2, 0) is 32.6 Å². The maximum Gasteiger partial charge on any atom is 0.243 e. The molecule has 1 aliphatic rings. The third-order valence-corrected chi connectivity index (χ3v) is 8.93. The first-order valence-corrected chi connectivity index (χ1v) is 16.5. The number of benzene rings is 3. The minimum atomic E-state index is -3.64. The lowest BCUT2D eigenvalue weighted by molar-refractivity contribution is -0.141. The summed E-state index contributed by atoms with van der Waals surface area (Å²) in [6.07, 6.45) is 5.59. The van der Waals surface area contributed by atoms with E-state index in [9.17, 15) is 22.4 Å². The summed E-state index contributed by atoms with van der Waals surface area (Å²) in [6, 6.07) is 21.4. The number of hydrogen-bond donors (Lipinski definition) is 1. The SMILES string of the molecule is COc1cccc(N(CCCC(=O)N(Cc2ccc(F)cc2)[C@@H](Cc2ccccc2)C(=O)NC2CCCC2)S(C)(=O)=O)c1. The molecule has 0 heterocycles. The van der Waals surface area contributed by atoms with E-state index in [1.165, 1.54) is 23.5 Å². The molecule has 4 rings (SSSR count). The normalized spacial score (nSPS) is 14.2. The zero-order chi connectivity index (χ0) is 30.8. The van der Waals surface area contributed by atoms with Gasteiger partial charge in [0.15, 0.2) is 0 Å². The van der Waals surface area contributed by atoms with Crippen molar-refractivity contribution in [1.82, 2.24) is 10.2 Å². The van der Waals surface area contributed by atoms with Crippen LogP contribution in [0.3, 0.4) is 0 Å². The van der Waals surface area contributed by atoms with Gasteiger partial charge in [0.2, 0.25) is 21.8 Å². The summed E-state index contributed by atoms with van der Waals surface area (Å²) in [5, 5.41) is 3.16. The third kappa shape index (κ3) is 9.28. The molecule has 43 heavy (non-hydrogen) atoms. The molecular formula is C33H40FN3O5S. The average molecular weight is 610 g/mol. The Morgan fingerprint density at radius 1 is 0.977 bits per heavy atom. The molecule has 0 aromatic heterocycles. The molecule has 2 amide bonds.